The van der Waals surface area contributed by atoms with Gasteiger partial charge in [-0.3, -0.25) is 14.9 Å². The first-order valence-electron chi connectivity index (χ1n) is 8.07. The molecule has 0 unspecified atom stereocenters. The molecule has 26 heavy (non-hydrogen) atoms. The average Bonchev–Trinajstić information content (AvgIpc) is 3.10. The SMILES string of the molecule is O=Cc1ccccc1-c1ccccc1C(=O)Nc1nc2ccccc2s1. The first kappa shape index (κ1) is 16.2. The summed E-state index contributed by atoms with van der Waals surface area (Å²) in [5.41, 5.74) is 3.35. The quantitative estimate of drug-likeness (QED) is 0.521. The Morgan fingerprint density at radius 1 is 0.885 bits per heavy atom. The number of para-hydroxylation sites is 1. The lowest BCUT2D eigenvalue weighted by atomic mass is 9.95. The van der Waals surface area contributed by atoms with Gasteiger partial charge in [0.1, 0.15) is 0 Å². The van der Waals surface area contributed by atoms with Crippen molar-refractivity contribution in [1.82, 2.24) is 4.98 Å². The van der Waals surface area contributed by atoms with Crippen LogP contribution in [0.4, 0.5) is 5.13 Å². The molecule has 1 amide bonds. The van der Waals surface area contributed by atoms with Crippen LogP contribution in [-0.2, 0) is 0 Å². The van der Waals surface area contributed by atoms with Gasteiger partial charge in [-0.1, -0.05) is 65.9 Å². The van der Waals surface area contributed by atoms with Crippen LogP contribution in [0.15, 0.2) is 72.8 Å². The third-order valence-corrected chi connectivity index (χ3v) is 5.02. The molecule has 0 fully saturated rings. The van der Waals surface area contributed by atoms with Crippen LogP contribution in [0, 0.1) is 0 Å². The van der Waals surface area contributed by atoms with Crippen molar-refractivity contribution in [3.05, 3.63) is 83.9 Å². The molecule has 0 aliphatic carbocycles. The molecule has 0 saturated carbocycles. The van der Waals surface area contributed by atoms with Crippen LogP contribution in [0.25, 0.3) is 21.3 Å². The van der Waals surface area contributed by atoms with E-state index in [4.69, 9.17) is 0 Å². The van der Waals surface area contributed by atoms with E-state index in [9.17, 15) is 9.59 Å². The van der Waals surface area contributed by atoms with E-state index >= 15 is 0 Å². The lowest BCUT2D eigenvalue weighted by Gasteiger charge is -2.10. The van der Waals surface area contributed by atoms with Crippen LogP contribution in [-0.4, -0.2) is 17.2 Å². The van der Waals surface area contributed by atoms with Gasteiger partial charge in [0.2, 0.25) is 0 Å². The number of thiazole rings is 1. The Bertz CT molecular complexity index is 1080. The Morgan fingerprint density at radius 3 is 2.38 bits per heavy atom. The van der Waals surface area contributed by atoms with E-state index in [2.05, 4.69) is 10.3 Å². The van der Waals surface area contributed by atoms with E-state index in [1.165, 1.54) is 11.3 Å². The fourth-order valence-electron chi connectivity index (χ4n) is 2.85. The summed E-state index contributed by atoms with van der Waals surface area (Å²) in [6.07, 6.45) is 0.803. The maximum Gasteiger partial charge on any atom is 0.258 e. The molecule has 0 atom stereocenters. The molecule has 3 aromatic carbocycles. The molecule has 0 aliphatic rings. The number of hydrogen-bond donors (Lipinski definition) is 1. The maximum absolute atomic E-state index is 12.9. The number of fused-ring (bicyclic) bond motifs is 1. The van der Waals surface area contributed by atoms with Crippen molar-refractivity contribution in [2.45, 2.75) is 0 Å². The zero-order chi connectivity index (χ0) is 17.9. The molecule has 0 aliphatic heterocycles. The van der Waals surface area contributed by atoms with Crippen LogP contribution in [0.1, 0.15) is 20.7 Å². The molecule has 1 heterocycles. The number of benzene rings is 3. The number of rotatable bonds is 4. The standard InChI is InChI=1S/C21H14N2O2S/c24-13-14-7-1-2-8-15(14)16-9-3-4-10-17(16)20(25)23-21-22-18-11-5-6-12-19(18)26-21/h1-13H,(H,22,23,25). The summed E-state index contributed by atoms with van der Waals surface area (Å²) in [6.45, 7) is 0. The van der Waals surface area contributed by atoms with Crippen molar-refractivity contribution in [2.24, 2.45) is 0 Å². The van der Waals surface area contributed by atoms with Crippen molar-refractivity contribution < 1.29 is 9.59 Å². The molecule has 0 saturated heterocycles. The van der Waals surface area contributed by atoms with E-state index in [0.717, 1.165) is 22.1 Å². The first-order valence-corrected chi connectivity index (χ1v) is 8.88. The smallest absolute Gasteiger partial charge is 0.258 e. The molecule has 0 bridgehead atoms. The molecule has 4 nitrogen and oxygen atoms in total. The zero-order valence-corrected chi connectivity index (χ0v) is 14.5. The van der Waals surface area contributed by atoms with Gasteiger partial charge >= 0.3 is 0 Å². The number of amides is 1. The molecule has 126 valence electrons. The van der Waals surface area contributed by atoms with Gasteiger partial charge in [0.25, 0.3) is 5.91 Å². The van der Waals surface area contributed by atoms with E-state index in [1.54, 1.807) is 24.3 Å². The van der Waals surface area contributed by atoms with Crippen molar-refractivity contribution >= 4 is 38.9 Å². The fourth-order valence-corrected chi connectivity index (χ4v) is 3.71. The Kier molecular flexibility index (Phi) is 4.29. The second-order valence-corrected chi connectivity index (χ2v) is 6.72. The predicted molar refractivity (Wildman–Crippen MR) is 105 cm³/mol. The lowest BCUT2D eigenvalue weighted by Crippen LogP contribution is -2.13. The number of anilines is 1. The van der Waals surface area contributed by atoms with Gasteiger partial charge in [-0.05, 0) is 29.3 Å². The summed E-state index contributed by atoms with van der Waals surface area (Å²) in [6, 6.07) is 22.2. The van der Waals surface area contributed by atoms with Gasteiger partial charge in [0.15, 0.2) is 11.4 Å². The Labute approximate surface area is 154 Å². The lowest BCUT2D eigenvalue weighted by molar-refractivity contribution is 0.102. The van der Waals surface area contributed by atoms with Gasteiger partial charge in [0, 0.05) is 11.1 Å². The number of nitrogens with zero attached hydrogens (tertiary/aromatic N) is 1. The topological polar surface area (TPSA) is 59.1 Å². The molecule has 4 aromatic rings. The van der Waals surface area contributed by atoms with Crippen LogP contribution in [0.2, 0.25) is 0 Å². The highest BCUT2D eigenvalue weighted by molar-refractivity contribution is 7.22. The highest BCUT2D eigenvalue weighted by Crippen LogP contribution is 2.29. The number of aldehydes is 1. The Hall–Kier alpha value is -3.31. The minimum Gasteiger partial charge on any atom is -0.298 e. The van der Waals surface area contributed by atoms with Gasteiger partial charge in [0.05, 0.1) is 10.2 Å². The highest BCUT2D eigenvalue weighted by atomic mass is 32.1. The average molecular weight is 358 g/mol. The number of carbonyl (C=O) groups excluding carboxylic acids is 2. The molecule has 4 rings (SSSR count). The van der Waals surface area contributed by atoms with E-state index in [-0.39, 0.29) is 5.91 Å². The van der Waals surface area contributed by atoms with Crippen LogP contribution < -0.4 is 5.32 Å². The summed E-state index contributed by atoms with van der Waals surface area (Å²) in [5.74, 6) is -0.250. The summed E-state index contributed by atoms with van der Waals surface area (Å²) in [7, 11) is 0. The summed E-state index contributed by atoms with van der Waals surface area (Å²) >= 11 is 1.43. The van der Waals surface area contributed by atoms with Crippen molar-refractivity contribution in [2.75, 3.05) is 5.32 Å². The Balaban J connectivity index is 1.71. The number of carbonyl (C=O) groups is 2. The summed E-state index contributed by atoms with van der Waals surface area (Å²) < 4.78 is 1.02. The monoisotopic (exact) mass is 358 g/mol. The summed E-state index contributed by atoms with van der Waals surface area (Å²) in [4.78, 5) is 28.7. The zero-order valence-electron chi connectivity index (χ0n) is 13.7. The minimum absolute atomic E-state index is 0.250. The third-order valence-electron chi connectivity index (χ3n) is 4.06. The highest BCUT2D eigenvalue weighted by Gasteiger charge is 2.16. The molecule has 0 radical (unpaired) electrons. The molecular formula is C21H14N2O2S. The third kappa shape index (κ3) is 3.00. The van der Waals surface area contributed by atoms with Crippen LogP contribution in [0.3, 0.4) is 0 Å². The molecule has 0 spiro atoms. The fraction of sp³-hybridized carbons (Fsp3) is 0. The second-order valence-electron chi connectivity index (χ2n) is 5.69. The molecule has 1 N–H and O–H groups in total. The summed E-state index contributed by atoms with van der Waals surface area (Å²) in [5, 5.41) is 3.43. The number of hydrogen-bond acceptors (Lipinski definition) is 4. The van der Waals surface area contributed by atoms with Gasteiger partial charge in [-0.25, -0.2) is 4.98 Å². The second kappa shape index (κ2) is 6.90. The number of nitrogens with one attached hydrogen (secondary N) is 1. The molecule has 5 heteroatoms. The van der Waals surface area contributed by atoms with Crippen molar-refractivity contribution in [1.29, 1.82) is 0 Å². The van der Waals surface area contributed by atoms with Crippen molar-refractivity contribution in [3.63, 3.8) is 0 Å². The van der Waals surface area contributed by atoms with Gasteiger partial charge in [-0.15, -0.1) is 0 Å². The van der Waals surface area contributed by atoms with Crippen LogP contribution in [0.5, 0.6) is 0 Å². The van der Waals surface area contributed by atoms with E-state index < -0.39 is 0 Å². The predicted octanol–water partition coefficient (Wildman–Crippen LogP) is 5.03. The van der Waals surface area contributed by atoms with Crippen molar-refractivity contribution in [3.8, 4) is 11.1 Å². The molecular weight excluding hydrogens is 344 g/mol. The first-order chi connectivity index (χ1) is 12.8. The van der Waals surface area contributed by atoms with E-state index in [1.807, 2.05) is 48.5 Å². The van der Waals surface area contributed by atoms with Gasteiger partial charge in [-0.2, -0.15) is 0 Å². The minimum atomic E-state index is -0.250. The Morgan fingerprint density at radius 2 is 1.58 bits per heavy atom. The largest absolute Gasteiger partial charge is 0.298 e. The van der Waals surface area contributed by atoms with Crippen LogP contribution >= 0.6 is 11.3 Å². The van der Waals surface area contributed by atoms with Gasteiger partial charge < -0.3 is 0 Å². The molecule has 1 aromatic heterocycles. The maximum atomic E-state index is 12.9. The normalized spacial score (nSPS) is 10.6. The number of aromatic nitrogens is 1. The van der Waals surface area contributed by atoms with E-state index in [0.29, 0.717) is 21.8 Å².